The van der Waals surface area contributed by atoms with Crippen molar-refractivity contribution in [3.8, 4) is 5.75 Å². The molecule has 0 aliphatic carbocycles. The van der Waals surface area contributed by atoms with Crippen molar-refractivity contribution in [2.75, 3.05) is 18.6 Å². The number of aryl methyl sites for hydroxylation is 2. The molecule has 0 atom stereocenters. The van der Waals surface area contributed by atoms with Gasteiger partial charge in [0.1, 0.15) is 18.1 Å². The van der Waals surface area contributed by atoms with Gasteiger partial charge in [0.15, 0.2) is 5.11 Å². The van der Waals surface area contributed by atoms with Gasteiger partial charge in [0.25, 0.3) is 5.91 Å². The van der Waals surface area contributed by atoms with Gasteiger partial charge in [0.05, 0.1) is 12.2 Å². The van der Waals surface area contributed by atoms with E-state index in [1.54, 1.807) is 9.80 Å². The predicted molar refractivity (Wildman–Crippen MR) is 153 cm³/mol. The normalized spacial score (nSPS) is 14.9. The fourth-order valence-electron chi connectivity index (χ4n) is 4.37. The Labute approximate surface area is 224 Å². The molecule has 36 heavy (non-hydrogen) atoms. The molecule has 2 heterocycles. The fraction of sp³-hybridized carbons (Fsp3) is 0.172. The zero-order valence-corrected chi connectivity index (χ0v) is 22.8. The summed E-state index contributed by atoms with van der Waals surface area (Å²) in [7, 11) is 1.83. The van der Waals surface area contributed by atoms with Crippen LogP contribution in [0, 0.1) is 13.8 Å². The van der Waals surface area contributed by atoms with Gasteiger partial charge in [-0.2, -0.15) is 0 Å². The third-order valence-electron chi connectivity index (χ3n) is 6.52. The van der Waals surface area contributed by atoms with E-state index in [2.05, 4.69) is 64.8 Å². The molecule has 0 bridgehead atoms. The summed E-state index contributed by atoms with van der Waals surface area (Å²) in [5.74, 6) is 0.731. The number of para-hydroxylation sites is 1. The largest absolute Gasteiger partial charge is 0.492 e. The number of ether oxygens (including phenoxy) is 1. The van der Waals surface area contributed by atoms with E-state index in [1.165, 1.54) is 11.1 Å². The summed E-state index contributed by atoms with van der Waals surface area (Å²) in [4.78, 5) is 16.8. The number of benzene rings is 3. The molecule has 4 aromatic rings. The molecule has 0 spiro atoms. The maximum Gasteiger partial charge on any atom is 0.281 e. The summed E-state index contributed by atoms with van der Waals surface area (Å²) in [6, 6.07) is 21.8. The Morgan fingerprint density at radius 3 is 2.53 bits per heavy atom. The number of hydrogen-bond donors (Lipinski definition) is 0. The van der Waals surface area contributed by atoms with Crippen LogP contribution in [0.2, 0.25) is 0 Å². The van der Waals surface area contributed by atoms with Gasteiger partial charge in [0.2, 0.25) is 0 Å². The lowest BCUT2D eigenvalue weighted by Gasteiger charge is -2.16. The standard InChI is InChI=1S/C29H26BrN3O2S/c1-19-9-11-24(15-20(19)2)35-14-13-32-18-21(25-17-22(30)10-12-26(25)32)16-27-28(34)33(29(36)31(27)3)23-7-5-4-6-8-23/h4-12,15-18H,13-14H2,1-3H3/b27-16-. The molecule has 5 nitrogen and oxygen atoms in total. The molecule has 182 valence electrons. The molecule has 5 rings (SSSR count). The van der Waals surface area contributed by atoms with Crippen LogP contribution < -0.4 is 9.64 Å². The Morgan fingerprint density at radius 1 is 1.00 bits per heavy atom. The smallest absolute Gasteiger partial charge is 0.281 e. The van der Waals surface area contributed by atoms with Crippen molar-refractivity contribution in [2.45, 2.75) is 20.4 Å². The maximum absolute atomic E-state index is 13.4. The maximum atomic E-state index is 13.4. The molecule has 7 heteroatoms. The summed E-state index contributed by atoms with van der Waals surface area (Å²) in [6.45, 7) is 5.39. The van der Waals surface area contributed by atoms with Crippen LogP contribution in [0.4, 0.5) is 5.69 Å². The Balaban J connectivity index is 1.45. The van der Waals surface area contributed by atoms with Gasteiger partial charge < -0.3 is 14.2 Å². The number of hydrogen-bond acceptors (Lipinski definition) is 3. The van der Waals surface area contributed by atoms with E-state index in [0.717, 1.165) is 32.4 Å². The van der Waals surface area contributed by atoms with Crippen LogP contribution in [0.3, 0.4) is 0 Å². The van der Waals surface area contributed by atoms with Crippen LogP contribution in [0.15, 0.2) is 83.1 Å². The molecule has 1 aromatic heterocycles. The Kier molecular flexibility index (Phi) is 6.69. The van der Waals surface area contributed by atoms with Crippen LogP contribution in [-0.4, -0.2) is 34.1 Å². The number of nitrogens with zero attached hydrogens (tertiary/aromatic N) is 3. The van der Waals surface area contributed by atoms with Gasteiger partial charge in [-0.15, -0.1) is 0 Å². The monoisotopic (exact) mass is 559 g/mol. The van der Waals surface area contributed by atoms with Crippen molar-refractivity contribution in [1.82, 2.24) is 9.47 Å². The van der Waals surface area contributed by atoms with Gasteiger partial charge >= 0.3 is 0 Å². The first-order chi connectivity index (χ1) is 17.3. The molecule has 1 aliphatic heterocycles. The number of carbonyl (C=O) groups is 1. The first-order valence-electron chi connectivity index (χ1n) is 11.7. The van der Waals surface area contributed by atoms with E-state index >= 15 is 0 Å². The third-order valence-corrected chi connectivity index (χ3v) is 7.47. The van der Waals surface area contributed by atoms with Crippen LogP contribution >= 0.6 is 28.1 Å². The van der Waals surface area contributed by atoms with E-state index in [1.807, 2.05) is 55.6 Å². The zero-order chi connectivity index (χ0) is 25.4. The van der Waals surface area contributed by atoms with Crippen LogP contribution in [0.1, 0.15) is 16.7 Å². The summed E-state index contributed by atoms with van der Waals surface area (Å²) in [5, 5.41) is 1.51. The Bertz CT molecular complexity index is 1510. The highest BCUT2D eigenvalue weighted by Gasteiger charge is 2.36. The number of likely N-dealkylation sites (N-methyl/N-ethyl adjacent to an activating group) is 1. The number of aromatic nitrogens is 1. The number of fused-ring (bicyclic) bond motifs is 1. The molecule has 0 saturated carbocycles. The predicted octanol–water partition coefficient (Wildman–Crippen LogP) is 6.70. The lowest BCUT2D eigenvalue weighted by Crippen LogP contribution is -2.30. The second-order valence-corrected chi connectivity index (χ2v) is 10.2. The van der Waals surface area contributed by atoms with E-state index in [4.69, 9.17) is 17.0 Å². The van der Waals surface area contributed by atoms with Crippen molar-refractivity contribution < 1.29 is 9.53 Å². The Hall–Kier alpha value is -3.42. The fourth-order valence-corrected chi connectivity index (χ4v) is 5.02. The highest BCUT2D eigenvalue weighted by atomic mass is 79.9. The number of rotatable bonds is 6. The van der Waals surface area contributed by atoms with Gasteiger partial charge in [-0.05, 0) is 85.7 Å². The topological polar surface area (TPSA) is 37.7 Å². The lowest BCUT2D eigenvalue weighted by molar-refractivity contribution is -0.114. The van der Waals surface area contributed by atoms with Crippen molar-refractivity contribution >= 4 is 61.8 Å². The van der Waals surface area contributed by atoms with Gasteiger partial charge in [0, 0.05) is 34.2 Å². The zero-order valence-electron chi connectivity index (χ0n) is 20.4. The van der Waals surface area contributed by atoms with Crippen LogP contribution in [-0.2, 0) is 11.3 Å². The van der Waals surface area contributed by atoms with Crippen molar-refractivity contribution in [1.29, 1.82) is 0 Å². The Morgan fingerprint density at radius 2 is 1.78 bits per heavy atom. The molecule has 0 radical (unpaired) electrons. The van der Waals surface area contributed by atoms with E-state index in [9.17, 15) is 4.79 Å². The molecule has 3 aromatic carbocycles. The quantitative estimate of drug-likeness (QED) is 0.194. The van der Waals surface area contributed by atoms with Crippen molar-refractivity contribution in [3.05, 3.63) is 99.8 Å². The minimum absolute atomic E-state index is 0.136. The average Bonchev–Trinajstić information content (AvgIpc) is 3.31. The van der Waals surface area contributed by atoms with E-state index in [0.29, 0.717) is 24.0 Å². The number of carbonyl (C=O) groups excluding carboxylic acids is 1. The molecule has 0 unspecified atom stereocenters. The minimum atomic E-state index is -0.136. The highest BCUT2D eigenvalue weighted by molar-refractivity contribution is 9.10. The second-order valence-electron chi connectivity index (χ2n) is 8.88. The van der Waals surface area contributed by atoms with Crippen molar-refractivity contribution in [2.24, 2.45) is 0 Å². The summed E-state index contributed by atoms with van der Waals surface area (Å²) >= 11 is 9.22. The summed E-state index contributed by atoms with van der Waals surface area (Å²) in [6.07, 6.45) is 4.00. The highest BCUT2D eigenvalue weighted by Crippen LogP contribution is 2.31. The second kappa shape index (κ2) is 9.91. The molecular weight excluding hydrogens is 534 g/mol. The molecule has 0 N–H and O–H groups in total. The van der Waals surface area contributed by atoms with Gasteiger partial charge in [-0.25, -0.2) is 0 Å². The summed E-state index contributed by atoms with van der Waals surface area (Å²) < 4.78 is 9.19. The van der Waals surface area contributed by atoms with Crippen molar-refractivity contribution in [3.63, 3.8) is 0 Å². The molecule has 1 fully saturated rings. The lowest BCUT2D eigenvalue weighted by atomic mass is 10.1. The average molecular weight is 561 g/mol. The molecule has 1 aliphatic rings. The van der Waals surface area contributed by atoms with Gasteiger partial charge in [-0.1, -0.05) is 40.2 Å². The number of anilines is 1. The number of halogens is 1. The summed E-state index contributed by atoms with van der Waals surface area (Å²) in [5.41, 5.74) is 5.78. The number of thiocarbonyl (C=S) groups is 1. The molecular formula is C29H26BrN3O2S. The first-order valence-corrected chi connectivity index (χ1v) is 12.9. The molecule has 1 amide bonds. The third kappa shape index (κ3) is 4.56. The SMILES string of the molecule is Cc1ccc(OCCn2cc(/C=C3/C(=O)N(c4ccccc4)C(=S)N3C)c3cc(Br)ccc32)cc1C. The minimum Gasteiger partial charge on any atom is -0.492 e. The number of amides is 1. The van der Waals surface area contributed by atoms with E-state index in [-0.39, 0.29) is 5.91 Å². The van der Waals surface area contributed by atoms with E-state index < -0.39 is 0 Å². The van der Waals surface area contributed by atoms with Gasteiger partial charge in [-0.3, -0.25) is 9.69 Å². The van der Waals surface area contributed by atoms with Crippen LogP contribution in [0.25, 0.3) is 17.0 Å². The first kappa shape index (κ1) is 24.3. The molecule has 1 saturated heterocycles. The van der Waals surface area contributed by atoms with Crippen LogP contribution in [0.5, 0.6) is 5.75 Å².